The first kappa shape index (κ1) is 16.3. The van der Waals surface area contributed by atoms with E-state index in [9.17, 15) is 4.21 Å². The van der Waals surface area contributed by atoms with Gasteiger partial charge in [0.25, 0.3) is 0 Å². The second-order valence-electron chi connectivity index (χ2n) is 5.98. The minimum atomic E-state index is -1.33. The van der Waals surface area contributed by atoms with E-state index in [2.05, 4.69) is 11.8 Å². The lowest BCUT2D eigenvalue weighted by Crippen LogP contribution is -2.35. The molecule has 0 bridgehead atoms. The second-order valence-corrected chi connectivity index (χ2v) is 7.87. The third kappa shape index (κ3) is 4.71. The molecular weight excluding hydrogens is 258 g/mol. The molecule has 3 atom stereocenters. The van der Waals surface area contributed by atoms with E-state index >= 15 is 0 Å². The summed E-state index contributed by atoms with van der Waals surface area (Å²) in [5.41, 5.74) is 1.06. The highest BCUT2D eigenvalue weighted by molar-refractivity contribution is 7.81. The standard InChI is InChI=1S/C15H25NO2S/c1-12(16(5)6)14(13-10-8-7-9-11-13)18-19(17)15(2,3)4/h7-12,14H,1-6H3/t12-,14+,19+/m1/s1. The molecular formula is C15H25NO2S. The lowest BCUT2D eigenvalue weighted by atomic mass is 10.0. The van der Waals surface area contributed by atoms with Crippen molar-refractivity contribution in [3.05, 3.63) is 35.9 Å². The zero-order valence-electron chi connectivity index (χ0n) is 12.7. The highest BCUT2D eigenvalue weighted by Gasteiger charge is 2.29. The van der Waals surface area contributed by atoms with Gasteiger partial charge >= 0.3 is 0 Å². The Morgan fingerprint density at radius 3 is 2.11 bits per heavy atom. The van der Waals surface area contributed by atoms with Crippen LogP contribution >= 0.6 is 0 Å². The SMILES string of the molecule is C[C@H]([C@H](O[S@](=O)C(C)(C)C)c1ccccc1)N(C)C. The fourth-order valence-corrected chi connectivity index (χ4v) is 2.32. The minimum Gasteiger partial charge on any atom is -0.304 e. The maximum absolute atomic E-state index is 12.2. The molecule has 0 spiro atoms. The smallest absolute Gasteiger partial charge is 0.161 e. The van der Waals surface area contributed by atoms with Crippen LogP contribution in [0, 0.1) is 0 Å². The summed E-state index contributed by atoms with van der Waals surface area (Å²) in [7, 11) is 4.01. The topological polar surface area (TPSA) is 29.5 Å². The highest BCUT2D eigenvalue weighted by atomic mass is 32.2. The molecule has 0 N–H and O–H groups in total. The zero-order valence-corrected chi connectivity index (χ0v) is 13.5. The molecule has 0 aliphatic carbocycles. The van der Waals surface area contributed by atoms with E-state index in [0.717, 1.165) is 5.56 Å². The average molecular weight is 283 g/mol. The van der Waals surface area contributed by atoms with Crippen molar-refractivity contribution in [1.82, 2.24) is 4.90 Å². The van der Waals surface area contributed by atoms with Gasteiger partial charge in [0.1, 0.15) is 6.10 Å². The molecule has 19 heavy (non-hydrogen) atoms. The van der Waals surface area contributed by atoms with Crippen molar-refractivity contribution in [3.8, 4) is 0 Å². The molecule has 0 aliphatic rings. The van der Waals surface area contributed by atoms with Crippen LogP contribution in [-0.2, 0) is 15.3 Å². The van der Waals surface area contributed by atoms with Gasteiger partial charge < -0.3 is 4.90 Å². The van der Waals surface area contributed by atoms with Crippen LogP contribution in [-0.4, -0.2) is 34.0 Å². The normalized spacial score (nSPS) is 17.2. The van der Waals surface area contributed by atoms with E-state index in [4.69, 9.17) is 4.18 Å². The largest absolute Gasteiger partial charge is 0.304 e. The Morgan fingerprint density at radius 1 is 1.16 bits per heavy atom. The van der Waals surface area contributed by atoms with Crippen molar-refractivity contribution in [2.24, 2.45) is 0 Å². The van der Waals surface area contributed by atoms with Crippen LogP contribution in [0.1, 0.15) is 39.4 Å². The summed E-state index contributed by atoms with van der Waals surface area (Å²) >= 11 is -1.33. The van der Waals surface area contributed by atoms with E-state index in [1.165, 1.54) is 0 Å². The molecule has 0 aliphatic heterocycles. The fraction of sp³-hybridized carbons (Fsp3) is 0.600. The first-order valence-electron chi connectivity index (χ1n) is 6.54. The summed E-state index contributed by atoms with van der Waals surface area (Å²) in [6, 6.07) is 10.1. The van der Waals surface area contributed by atoms with Crippen LogP contribution in [0.4, 0.5) is 0 Å². The van der Waals surface area contributed by atoms with Crippen LogP contribution in [0.3, 0.4) is 0 Å². The summed E-state index contributed by atoms with van der Waals surface area (Å²) in [5.74, 6) is 0. The van der Waals surface area contributed by atoms with Crippen LogP contribution in [0.15, 0.2) is 30.3 Å². The lowest BCUT2D eigenvalue weighted by Gasteiger charge is -2.31. The molecule has 0 fully saturated rings. The Labute approximate surface area is 119 Å². The molecule has 0 heterocycles. The van der Waals surface area contributed by atoms with Gasteiger partial charge in [0.2, 0.25) is 0 Å². The van der Waals surface area contributed by atoms with Crippen LogP contribution < -0.4 is 0 Å². The lowest BCUT2D eigenvalue weighted by molar-refractivity contribution is 0.118. The minimum absolute atomic E-state index is 0.147. The predicted octanol–water partition coefficient (Wildman–Crippen LogP) is 3.16. The van der Waals surface area contributed by atoms with Gasteiger partial charge in [-0.1, -0.05) is 30.3 Å². The quantitative estimate of drug-likeness (QED) is 0.831. The molecule has 108 valence electrons. The number of hydrogen-bond donors (Lipinski definition) is 0. The fourth-order valence-electron chi connectivity index (χ4n) is 1.57. The van der Waals surface area contributed by atoms with E-state index < -0.39 is 11.1 Å². The summed E-state index contributed by atoms with van der Waals surface area (Å²) in [4.78, 5) is 2.08. The Hall–Kier alpha value is -0.710. The molecule has 0 amide bonds. The number of rotatable bonds is 5. The van der Waals surface area contributed by atoms with Gasteiger partial charge in [0.05, 0.1) is 4.75 Å². The Morgan fingerprint density at radius 2 is 1.68 bits per heavy atom. The summed E-state index contributed by atoms with van der Waals surface area (Å²) in [5, 5.41) is 0. The summed E-state index contributed by atoms with van der Waals surface area (Å²) in [6.45, 7) is 7.85. The molecule has 1 rings (SSSR count). The van der Waals surface area contributed by atoms with Gasteiger partial charge in [-0.25, -0.2) is 4.21 Å². The zero-order chi connectivity index (χ0) is 14.6. The van der Waals surface area contributed by atoms with Crippen LogP contribution in [0.5, 0.6) is 0 Å². The molecule has 0 radical (unpaired) electrons. The molecule has 4 heteroatoms. The van der Waals surface area contributed by atoms with Gasteiger partial charge in [-0.2, -0.15) is 0 Å². The van der Waals surface area contributed by atoms with Crippen LogP contribution in [0.25, 0.3) is 0 Å². The maximum atomic E-state index is 12.2. The van der Waals surface area contributed by atoms with Gasteiger partial charge in [-0.15, -0.1) is 0 Å². The first-order chi connectivity index (χ1) is 8.73. The van der Waals surface area contributed by atoms with Gasteiger partial charge in [-0.3, -0.25) is 4.18 Å². The number of likely N-dealkylation sites (N-methyl/N-ethyl adjacent to an activating group) is 1. The van der Waals surface area contributed by atoms with E-state index in [1.54, 1.807) is 0 Å². The number of nitrogens with zero attached hydrogens (tertiary/aromatic N) is 1. The van der Waals surface area contributed by atoms with Crippen molar-refractivity contribution >= 4 is 11.1 Å². The Bertz CT molecular complexity index is 412. The molecule has 0 saturated heterocycles. The highest BCUT2D eigenvalue weighted by Crippen LogP contribution is 2.28. The van der Waals surface area contributed by atoms with Gasteiger partial charge in [0.15, 0.2) is 11.1 Å². The molecule has 3 nitrogen and oxygen atoms in total. The van der Waals surface area contributed by atoms with E-state index in [-0.39, 0.29) is 16.9 Å². The van der Waals surface area contributed by atoms with Crippen molar-refractivity contribution in [1.29, 1.82) is 0 Å². The third-order valence-electron chi connectivity index (χ3n) is 3.07. The number of hydrogen-bond acceptors (Lipinski definition) is 3. The first-order valence-corrected chi connectivity index (χ1v) is 7.61. The van der Waals surface area contributed by atoms with E-state index in [1.807, 2.05) is 65.2 Å². The average Bonchev–Trinajstić information content (AvgIpc) is 2.34. The molecule has 1 aromatic rings. The molecule has 0 unspecified atom stereocenters. The molecule has 1 aromatic carbocycles. The van der Waals surface area contributed by atoms with Gasteiger partial charge in [-0.05, 0) is 47.4 Å². The van der Waals surface area contributed by atoms with Crippen molar-refractivity contribution in [2.75, 3.05) is 14.1 Å². The van der Waals surface area contributed by atoms with Crippen molar-refractivity contribution in [2.45, 2.75) is 44.6 Å². The van der Waals surface area contributed by atoms with Crippen LogP contribution in [0.2, 0.25) is 0 Å². The van der Waals surface area contributed by atoms with Crippen molar-refractivity contribution < 1.29 is 8.39 Å². The molecule has 0 aromatic heterocycles. The molecule has 0 saturated carbocycles. The second kappa shape index (κ2) is 6.64. The summed E-state index contributed by atoms with van der Waals surface area (Å²) < 4.78 is 17.7. The number of benzene rings is 1. The Balaban J connectivity index is 2.98. The summed E-state index contributed by atoms with van der Waals surface area (Å²) in [6.07, 6.45) is -0.198. The third-order valence-corrected chi connectivity index (χ3v) is 4.45. The maximum Gasteiger partial charge on any atom is 0.161 e. The monoisotopic (exact) mass is 283 g/mol. The predicted molar refractivity (Wildman–Crippen MR) is 81.3 cm³/mol. The van der Waals surface area contributed by atoms with E-state index in [0.29, 0.717) is 0 Å². The van der Waals surface area contributed by atoms with Crippen molar-refractivity contribution in [3.63, 3.8) is 0 Å². The van der Waals surface area contributed by atoms with Gasteiger partial charge in [0, 0.05) is 6.04 Å². The Kier molecular flexibility index (Phi) is 5.71.